The highest BCUT2D eigenvalue weighted by atomic mass is 31.2. The Morgan fingerprint density at radius 2 is 1.00 bits per heavy atom. The van der Waals surface area contributed by atoms with Gasteiger partial charge in [0, 0.05) is 0 Å². The fourth-order valence-corrected chi connectivity index (χ4v) is 6.09. The molecule has 0 heterocycles. The second kappa shape index (κ2) is 23.0. The van der Waals surface area contributed by atoms with Crippen LogP contribution >= 0.6 is 8.60 Å². The molecule has 0 aliphatic rings. The molecule has 0 spiro atoms. The summed E-state index contributed by atoms with van der Waals surface area (Å²) in [5.74, 6) is 2.58. The zero-order chi connectivity index (χ0) is 28.7. The SMILES string of the molecule is CCCCCCCCc1ccccc1OP(OCCCCCC(C)C)Oc1ccccc1CCCCCCCC. The molecule has 0 unspecified atom stereocenters. The van der Waals surface area contributed by atoms with Crippen molar-refractivity contribution in [1.82, 2.24) is 0 Å². The maximum absolute atomic E-state index is 6.54. The van der Waals surface area contributed by atoms with Gasteiger partial charge in [0.2, 0.25) is 0 Å². The number of hydrogen-bond donors (Lipinski definition) is 0. The first-order valence-electron chi connectivity index (χ1n) is 16.6. The zero-order valence-corrected chi connectivity index (χ0v) is 27.2. The lowest BCUT2D eigenvalue weighted by atomic mass is 10.0. The van der Waals surface area contributed by atoms with Crippen LogP contribution in [0.15, 0.2) is 48.5 Å². The molecular formula is C36H59O3P. The number of unbranched alkanes of at least 4 members (excludes halogenated alkanes) is 12. The van der Waals surface area contributed by atoms with Gasteiger partial charge in [0.05, 0.1) is 6.61 Å². The summed E-state index contributed by atoms with van der Waals surface area (Å²) in [4.78, 5) is 0. The van der Waals surface area contributed by atoms with Crippen molar-refractivity contribution >= 4 is 8.60 Å². The molecule has 0 atom stereocenters. The number of aryl methyl sites for hydroxylation is 2. The summed E-state index contributed by atoms with van der Waals surface area (Å²) in [5, 5.41) is 0. The molecule has 0 aliphatic carbocycles. The van der Waals surface area contributed by atoms with E-state index in [0.29, 0.717) is 6.61 Å². The molecule has 0 saturated carbocycles. The monoisotopic (exact) mass is 570 g/mol. The Labute approximate surface area is 248 Å². The molecule has 2 rings (SSSR count). The van der Waals surface area contributed by atoms with Crippen molar-refractivity contribution in [3.05, 3.63) is 59.7 Å². The summed E-state index contributed by atoms with van der Waals surface area (Å²) in [6.07, 6.45) is 22.4. The average Bonchev–Trinajstić information content (AvgIpc) is 2.95. The molecule has 0 fully saturated rings. The van der Waals surface area contributed by atoms with Crippen molar-refractivity contribution in [2.45, 2.75) is 143 Å². The largest absolute Gasteiger partial charge is 0.463 e. The van der Waals surface area contributed by atoms with Gasteiger partial charge in [0.15, 0.2) is 0 Å². The Morgan fingerprint density at radius 1 is 0.550 bits per heavy atom. The second-order valence-electron chi connectivity index (χ2n) is 11.7. The van der Waals surface area contributed by atoms with Crippen LogP contribution in [-0.2, 0) is 17.4 Å². The first kappa shape index (κ1) is 34.6. The van der Waals surface area contributed by atoms with Crippen LogP contribution in [0, 0.1) is 5.92 Å². The van der Waals surface area contributed by atoms with E-state index in [1.54, 1.807) is 0 Å². The molecule has 0 amide bonds. The van der Waals surface area contributed by atoms with E-state index in [1.807, 2.05) is 0 Å². The number of para-hydroxylation sites is 2. The topological polar surface area (TPSA) is 27.7 Å². The van der Waals surface area contributed by atoms with Gasteiger partial charge >= 0.3 is 8.60 Å². The van der Waals surface area contributed by atoms with Crippen molar-refractivity contribution in [3.8, 4) is 11.5 Å². The van der Waals surface area contributed by atoms with Crippen LogP contribution in [0.1, 0.15) is 142 Å². The fourth-order valence-electron chi connectivity index (χ4n) is 4.99. The normalized spacial score (nSPS) is 11.4. The van der Waals surface area contributed by atoms with Crippen molar-refractivity contribution < 1.29 is 13.6 Å². The van der Waals surface area contributed by atoms with Crippen LogP contribution in [-0.4, -0.2) is 6.61 Å². The van der Waals surface area contributed by atoms with Gasteiger partial charge in [-0.05, 0) is 61.3 Å². The minimum Gasteiger partial charge on any atom is -0.417 e. The number of rotatable bonds is 25. The van der Waals surface area contributed by atoms with Gasteiger partial charge in [0.25, 0.3) is 0 Å². The summed E-state index contributed by atoms with van der Waals surface area (Å²) in [6, 6.07) is 16.9. The Hall–Kier alpha value is -1.57. The van der Waals surface area contributed by atoms with Gasteiger partial charge < -0.3 is 9.05 Å². The van der Waals surface area contributed by atoms with Crippen LogP contribution in [0.4, 0.5) is 0 Å². The molecule has 0 N–H and O–H groups in total. The van der Waals surface area contributed by atoms with E-state index in [-0.39, 0.29) is 0 Å². The molecular weight excluding hydrogens is 511 g/mol. The lowest BCUT2D eigenvalue weighted by Gasteiger charge is -2.21. The molecule has 40 heavy (non-hydrogen) atoms. The quantitative estimate of drug-likeness (QED) is 0.0877. The summed E-state index contributed by atoms with van der Waals surface area (Å²) >= 11 is 0. The third-order valence-corrected chi connectivity index (χ3v) is 8.60. The summed E-state index contributed by atoms with van der Waals surface area (Å²) in [7, 11) is -1.53. The summed E-state index contributed by atoms with van der Waals surface area (Å²) < 4.78 is 19.4. The Balaban J connectivity index is 2.01. The maximum Gasteiger partial charge on any atom is 0.463 e. The zero-order valence-electron chi connectivity index (χ0n) is 26.3. The predicted molar refractivity (Wildman–Crippen MR) is 174 cm³/mol. The van der Waals surface area contributed by atoms with E-state index in [1.165, 1.54) is 107 Å². The first-order chi connectivity index (χ1) is 19.6. The van der Waals surface area contributed by atoms with E-state index in [4.69, 9.17) is 13.6 Å². The molecule has 3 nitrogen and oxygen atoms in total. The van der Waals surface area contributed by atoms with Crippen molar-refractivity contribution in [3.63, 3.8) is 0 Å². The van der Waals surface area contributed by atoms with E-state index in [2.05, 4.69) is 76.2 Å². The highest BCUT2D eigenvalue weighted by Crippen LogP contribution is 2.44. The Kier molecular flexibility index (Phi) is 19.9. The average molecular weight is 571 g/mol. The minimum absolute atomic E-state index is 0.670. The molecule has 226 valence electrons. The Bertz CT molecular complexity index is 807. The van der Waals surface area contributed by atoms with E-state index < -0.39 is 8.60 Å². The fraction of sp³-hybridized carbons (Fsp3) is 0.667. The van der Waals surface area contributed by atoms with Crippen molar-refractivity contribution in [2.24, 2.45) is 5.92 Å². The predicted octanol–water partition coefficient (Wildman–Crippen LogP) is 12.4. The van der Waals surface area contributed by atoms with E-state index in [9.17, 15) is 0 Å². The van der Waals surface area contributed by atoms with Gasteiger partial charge in [-0.25, -0.2) is 0 Å². The summed E-state index contributed by atoms with van der Waals surface area (Å²) in [5.41, 5.74) is 2.52. The van der Waals surface area contributed by atoms with Gasteiger partial charge in [-0.1, -0.05) is 148 Å². The van der Waals surface area contributed by atoms with E-state index in [0.717, 1.165) is 36.7 Å². The van der Waals surface area contributed by atoms with Gasteiger partial charge in [-0.15, -0.1) is 0 Å². The number of benzene rings is 2. The first-order valence-corrected chi connectivity index (χ1v) is 17.7. The molecule has 2 aromatic rings. The molecule has 0 aromatic heterocycles. The van der Waals surface area contributed by atoms with Crippen LogP contribution in [0.2, 0.25) is 0 Å². The van der Waals surface area contributed by atoms with Crippen molar-refractivity contribution in [2.75, 3.05) is 6.61 Å². The molecule has 0 saturated heterocycles. The van der Waals surface area contributed by atoms with Crippen LogP contribution in [0.5, 0.6) is 11.5 Å². The maximum atomic E-state index is 6.54. The van der Waals surface area contributed by atoms with Crippen molar-refractivity contribution in [1.29, 1.82) is 0 Å². The lowest BCUT2D eigenvalue weighted by Crippen LogP contribution is -2.04. The third kappa shape index (κ3) is 16.0. The lowest BCUT2D eigenvalue weighted by molar-refractivity contribution is 0.256. The van der Waals surface area contributed by atoms with Gasteiger partial charge in [-0.3, -0.25) is 4.52 Å². The summed E-state index contributed by atoms with van der Waals surface area (Å²) in [6.45, 7) is 9.80. The van der Waals surface area contributed by atoms with Crippen LogP contribution in [0.25, 0.3) is 0 Å². The Morgan fingerprint density at radius 3 is 1.50 bits per heavy atom. The smallest absolute Gasteiger partial charge is 0.417 e. The molecule has 4 heteroatoms. The molecule has 0 aliphatic heterocycles. The van der Waals surface area contributed by atoms with Gasteiger partial charge in [-0.2, -0.15) is 0 Å². The van der Waals surface area contributed by atoms with Crippen LogP contribution < -0.4 is 9.05 Å². The number of hydrogen-bond acceptors (Lipinski definition) is 3. The van der Waals surface area contributed by atoms with E-state index >= 15 is 0 Å². The molecule has 0 radical (unpaired) electrons. The van der Waals surface area contributed by atoms with Crippen LogP contribution in [0.3, 0.4) is 0 Å². The highest BCUT2D eigenvalue weighted by Gasteiger charge is 2.20. The molecule has 2 aromatic carbocycles. The molecule has 0 bridgehead atoms. The minimum atomic E-state index is -1.53. The standard InChI is InChI=1S/C36H59O3P/c1-5-7-9-11-13-17-25-33-27-19-21-29-35(33)38-40(37-31-23-15-16-24-32(3)4)39-36-30-22-20-28-34(36)26-18-14-12-10-8-6-2/h19-22,27-30,32H,5-18,23-26,31H2,1-4H3. The highest BCUT2D eigenvalue weighted by molar-refractivity contribution is 7.42. The second-order valence-corrected chi connectivity index (χ2v) is 12.8. The van der Waals surface area contributed by atoms with Gasteiger partial charge in [0.1, 0.15) is 11.5 Å². The third-order valence-electron chi connectivity index (χ3n) is 7.51.